The molecule has 2 rings (SSSR count). The van der Waals surface area contributed by atoms with Crippen molar-refractivity contribution < 1.29 is 14.6 Å². The van der Waals surface area contributed by atoms with Gasteiger partial charge in [-0.15, -0.1) is 0 Å². The number of amides is 1. The lowest BCUT2D eigenvalue weighted by molar-refractivity contribution is 0.0114. The number of rotatable bonds is 5. The van der Waals surface area contributed by atoms with Gasteiger partial charge in [0.25, 0.3) is 0 Å². The highest BCUT2D eigenvalue weighted by molar-refractivity contribution is 5.67. The van der Waals surface area contributed by atoms with Gasteiger partial charge in [0.05, 0.1) is 0 Å². The Labute approximate surface area is 130 Å². The average molecular weight is 299 g/mol. The van der Waals surface area contributed by atoms with Gasteiger partial charge in [0.1, 0.15) is 12.2 Å². The van der Waals surface area contributed by atoms with Gasteiger partial charge in [0, 0.05) is 6.54 Å². The molecule has 0 aliphatic heterocycles. The Morgan fingerprint density at radius 2 is 1.77 bits per heavy atom. The van der Waals surface area contributed by atoms with Crippen LogP contribution in [0.5, 0.6) is 0 Å². The molecule has 0 bridgehead atoms. The van der Waals surface area contributed by atoms with Crippen LogP contribution in [0.1, 0.15) is 29.7 Å². The van der Waals surface area contributed by atoms with Crippen LogP contribution in [-0.2, 0) is 11.3 Å². The predicted octanol–water partition coefficient (Wildman–Crippen LogP) is 3.34. The summed E-state index contributed by atoms with van der Waals surface area (Å²) in [7, 11) is 0. The smallest absolute Gasteiger partial charge is 0.407 e. The molecule has 0 heterocycles. The zero-order valence-corrected chi connectivity index (χ0v) is 12.8. The highest BCUT2D eigenvalue weighted by atomic mass is 16.6. The molecule has 2 atom stereocenters. The topological polar surface area (TPSA) is 58.6 Å². The van der Waals surface area contributed by atoms with E-state index in [0.29, 0.717) is 6.54 Å². The van der Waals surface area contributed by atoms with Crippen molar-refractivity contribution in [1.82, 2.24) is 5.32 Å². The van der Waals surface area contributed by atoms with E-state index in [-0.39, 0.29) is 0 Å². The second-order valence-electron chi connectivity index (χ2n) is 5.25. The number of hydrogen-bond acceptors (Lipinski definition) is 3. The summed E-state index contributed by atoms with van der Waals surface area (Å²) in [5.41, 5.74) is 2.73. The Balaban J connectivity index is 1.87. The minimum atomic E-state index is -0.844. The van der Waals surface area contributed by atoms with Crippen molar-refractivity contribution in [3.05, 3.63) is 71.3 Å². The van der Waals surface area contributed by atoms with Crippen LogP contribution < -0.4 is 5.32 Å². The SMILES string of the molecule is Cc1ccccc1[C@H](O)[C@H](C)OC(=O)NCc1ccccc1. The molecule has 1 amide bonds. The van der Waals surface area contributed by atoms with Crippen LogP contribution in [0.25, 0.3) is 0 Å². The van der Waals surface area contributed by atoms with Crippen LogP contribution in [0.3, 0.4) is 0 Å². The number of hydrogen-bond donors (Lipinski definition) is 2. The largest absolute Gasteiger partial charge is 0.443 e. The lowest BCUT2D eigenvalue weighted by Gasteiger charge is -2.21. The number of carbonyl (C=O) groups excluding carboxylic acids is 1. The molecule has 0 saturated carbocycles. The minimum Gasteiger partial charge on any atom is -0.443 e. The van der Waals surface area contributed by atoms with Gasteiger partial charge in [-0.25, -0.2) is 4.79 Å². The van der Waals surface area contributed by atoms with E-state index in [9.17, 15) is 9.90 Å². The summed E-state index contributed by atoms with van der Waals surface area (Å²) in [5.74, 6) is 0. The summed E-state index contributed by atoms with van der Waals surface area (Å²) in [6.07, 6.45) is -2.01. The fourth-order valence-electron chi connectivity index (χ4n) is 2.22. The summed E-state index contributed by atoms with van der Waals surface area (Å²) >= 11 is 0. The molecule has 2 aromatic rings. The number of aryl methyl sites for hydroxylation is 1. The van der Waals surface area contributed by atoms with Crippen molar-refractivity contribution in [2.75, 3.05) is 0 Å². The van der Waals surface area contributed by atoms with Crippen LogP contribution >= 0.6 is 0 Å². The number of aliphatic hydroxyl groups excluding tert-OH is 1. The predicted molar refractivity (Wildman–Crippen MR) is 85.4 cm³/mol. The molecule has 0 fully saturated rings. The first-order chi connectivity index (χ1) is 10.6. The van der Waals surface area contributed by atoms with E-state index >= 15 is 0 Å². The molecule has 0 aromatic heterocycles. The van der Waals surface area contributed by atoms with Crippen molar-refractivity contribution in [1.29, 1.82) is 0 Å². The second-order valence-corrected chi connectivity index (χ2v) is 5.25. The standard InChI is InChI=1S/C18H21NO3/c1-13-8-6-7-11-16(13)17(20)14(2)22-18(21)19-12-15-9-4-3-5-10-15/h3-11,14,17,20H,12H2,1-2H3,(H,19,21)/t14-,17+/m0/s1. The van der Waals surface area contributed by atoms with Crippen molar-refractivity contribution in [3.63, 3.8) is 0 Å². The van der Waals surface area contributed by atoms with E-state index in [1.807, 2.05) is 61.5 Å². The second kappa shape index (κ2) is 7.61. The molecule has 2 N–H and O–H groups in total. The Kier molecular flexibility index (Phi) is 5.55. The third-order valence-corrected chi connectivity index (χ3v) is 3.52. The molecule has 0 saturated heterocycles. The lowest BCUT2D eigenvalue weighted by atomic mass is 10.0. The monoisotopic (exact) mass is 299 g/mol. The maximum atomic E-state index is 11.8. The van der Waals surface area contributed by atoms with E-state index in [0.717, 1.165) is 16.7 Å². The van der Waals surface area contributed by atoms with E-state index in [4.69, 9.17) is 4.74 Å². The number of alkyl carbamates (subject to hydrolysis) is 1. The third-order valence-electron chi connectivity index (χ3n) is 3.52. The fraction of sp³-hybridized carbons (Fsp3) is 0.278. The van der Waals surface area contributed by atoms with Crippen molar-refractivity contribution >= 4 is 6.09 Å². The number of carbonyl (C=O) groups is 1. The molecule has 0 unspecified atom stereocenters. The summed E-state index contributed by atoms with van der Waals surface area (Å²) in [6, 6.07) is 17.1. The van der Waals surface area contributed by atoms with E-state index in [1.54, 1.807) is 6.92 Å². The first kappa shape index (κ1) is 16.0. The van der Waals surface area contributed by atoms with E-state index < -0.39 is 18.3 Å². The summed E-state index contributed by atoms with van der Waals surface area (Å²) in [6.45, 7) is 3.99. The van der Waals surface area contributed by atoms with Crippen LogP contribution in [0, 0.1) is 6.92 Å². The highest BCUT2D eigenvalue weighted by Gasteiger charge is 2.21. The van der Waals surface area contributed by atoms with Crippen LogP contribution in [0.2, 0.25) is 0 Å². The summed E-state index contributed by atoms with van der Waals surface area (Å²) in [5, 5.41) is 13.0. The number of aliphatic hydroxyl groups is 1. The maximum absolute atomic E-state index is 11.8. The molecular formula is C18H21NO3. The zero-order valence-electron chi connectivity index (χ0n) is 12.8. The van der Waals surface area contributed by atoms with Gasteiger partial charge in [-0.1, -0.05) is 54.6 Å². The van der Waals surface area contributed by atoms with E-state index in [1.165, 1.54) is 0 Å². The van der Waals surface area contributed by atoms with Gasteiger partial charge < -0.3 is 15.2 Å². The molecule has 2 aromatic carbocycles. The van der Waals surface area contributed by atoms with Crippen molar-refractivity contribution in [2.45, 2.75) is 32.6 Å². The molecule has 4 heteroatoms. The first-order valence-corrected chi connectivity index (χ1v) is 7.30. The van der Waals surface area contributed by atoms with E-state index in [2.05, 4.69) is 5.32 Å². The number of benzene rings is 2. The molecule has 22 heavy (non-hydrogen) atoms. The van der Waals surface area contributed by atoms with Gasteiger partial charge in [0.2, 0.25) is 0 Å². The van der Waals surface area contributed by atoms with Gasteiger partial charge in [-0.2, -0.15) is 0 Å². The third kappa shape index (κ3) is 4.33. The zero-order chi connectivity index (χ0) is 15.9. The average Bonchev–Trinajstić information content (AvgIpc) is 2.53. The molecule has 0 spiro atoms. The molecule has 116 valence electrons. The minimum absolute atomic E-state index is 0.396. The molecule has 0 aliphatic carbocycles. The van der Waals surface area contributed by atoms with Crippen LogP contribution in [-0.4, -0.2) is 17.3 Å². The van der Waals surface area contributed by atoms with Crippen LogP contribution in [0.4, 0.5) is 4.79 Å². The van der Waals surface area contributed by atoms with Gasteiger partial charge in [0.15, 0.2) is 0 Å². The lowest BCUT2D eigenvalue weighted by Crippen LogP contribution is -2.30. The summed E-state index contributed by atoms with van der Waals surface area (Å²) < 4.78 is 5.24. The molecule has 0 radical (unpaired) electrons. The number of ether oxygens (including phenoxy) is 1. The van der Waals surface area contributed by atoms with Crippen LogP contribution in [0.15, 0.2) is 54.6 Å². The maximum Gasteiger partial charge on any atom is 0.407 e. The van der Waals surface area contributed by atoms with Crippen molar-refractivity contribution in [3.8, 4) is 0 Å². The Hall–Kier alpha value is -2.33. The molecule has 4 nitrogen and oxygen atoms in total. The quantitative estimate of drug-likeness (QED) is 0.890. The Morgan fingerprint density at radius 1 is 1.14 bits per heavy atom. The first-order valence-electron chi connectivity index (χ1n) is 7.30. The van der Waals surface area contributed by atoms with Gasteiger partial charge in [-0.3, -0.25) is 0 Å². The van der Waals surface area contributed by atoms with Crippen molar-refractivity contribution in [2.24, 2.45) is 0 Å². The normalized spacial score (nSPS) is 13.2. The highest BCUT2D eigenvalue weighted by Crippen LogP contribution is 2.22. The van der Waals surface area contributed by atoms with Gasteiger partial charge >= 0.3 is 6.09 Å². The Bertz CT molecular complexity index is 613. The fourth-order valence-corrected chi connectivity index (χ4v) is 2.22. The summed E-state index contributed by atoms with van der Waals surface area (Å²) in [4.78, 5) is 11.8. The Morgan fingerprint density at radius 3 is 2.45 bits per heavy atom. The van der Waals surface area contributed by atoms with Gasteiger partial charge in [-0.05, 0) is 30.5 Å². The molecule has 0 aliphatic rings. The number of nitrogens with one attached hydrogen (secondary N) is 1. The molecular weight excluding hydrogens is 278 g/mol.